The minimum atomic E-state index is -2.23. The van der Waals surface area contributed by atoms with Crippen molar-refractivity contribution in [3.05, 3.63) is 41.1 Å². The van der Waals surface area contributed by atoms with E-state index in [9.17, 15) is 8.78 Å². The zero-order chi connectivity index (χ0) is 11.3. The van der Waals surface area contributed by atoms with Gasteiger partial charge in [0.25, 0.3) is 0 Å². The van der Waals surface area contributed by atoms with Crippen LogP contribution in [0, 0.1) is 0 Å². The number of hydrogen-bond acceptors (Lipinski definition) is 0. The maximum atomic E-state index is 12.3. The second-order valence-corrected chi connectivity index (χ2v) is 6.93. The summed E-state index contributed by atoms with van der Waals surface area (Å²) in [5.41, 5.74) is 1.02. The highest BCUT2D eigenvalue weighted by atomic mass is 28.3. The first kappa shape index (κ1) is 12.1. The molecule has 15 heavy (non-hydrogen) atoms. The van der Waals surface area contributed by atoms with E-state index in [2.05, 4.69) is 13.1 Å². The molecule has 0 N–H and O–H groups in total. The molecule has 0 spiro atoms. The van der Waals surface area contributed by atoms with Gasteiger partial charge < -0.3 is 0 Å². The number of alkyl halides is 2. The number of halogens is 2. The first-order valence-corrected chi connectivity index (χ1v) is 8.02. The Labute approximate surface area is 91.2 Å². The molecule has 0 radical (unpaired) electrons. The van der Waals surface area contributed by atoms with Crippen molar-refractivity contribution in [1.29, 1.82) is 0 Å². The Morgan fingerprint density at radius 2 is 1.87 bits per heavy atom. The van der Waals surface area contributed by atoms with Gasteiger partial charge in [-0.05, 0) is 5.56 Å². The quantitative estimate of drug-likeness (QED) is 0.686. The van der Waals surface area contributed by atoms with Gasteiger partial charge in [0.05, 0.1) is 8.80 Å². The van der Waals surface area contributed by atoms with Gasteiger partial charge in [-0.1, -0.05) is 54.7 Å². The van der Waals surface area contributed by atoms with E-state index in [1.165, 1.54) is 0 Å². The van der Waals surface area contributed by atoms with Crippen molar-refractivity contribution in [1.82, 2.24) is 0 Å². The van der Waals surface area contributed by atoms with E-state index >= 15 is 0 Å². The standard InChI is InChI=1S/C12H16F2Si/c1-15(2)11(9-12(13)14)8-10-6-4-3-5-7-10/h3-8,12,15H,9H2,1-2H3. The van der Waals surface area contributed by atoms with Gasteiger partial charge in [-0.3, -0.25) is 0 Å². The van der Waals surface area contributed by atoms with Gasteiger partial charge in [0.2, 0.25) is 6.43 Å². The number of allylic oxidation sites excluding steroid dienone is 1. The van der Waals surface area contributed by atoms with Crippen molar-refractivity contribution >= 4 is 14.9 Å². The molecule has 0 unspecified atom stereocenters. The smallest absolute Gasteiger partial charge is 0.210 e. The highest BCUT2D eigenvalue weighted by molar-refractivity contribution is 6.64. The topological polar surface area (TPSA) is 0 Å². The molecule has 0 saturated heterocycles. The maximum absolute atomic E-state index is 12.3. The third-order valence-electron chi connectivity index (χ3n) is 2.28. The van der Waals surface area contributed by atoms with Crippen LogP contribution in [0.3, 0.4) is 0 Å². The molecule has 1 aromatic carbocycles. The molecule has 0 saturated carbocycles. The lowest BCUT2D eigenvalue weighted by Gasteiger charge is -2.09. The molecule has 0 amide bonds. The third-order valence-corrected chi connectivity index (χ3v) is 4.17. The monoisotopic (exact) mass is 226 g/mol. The fraction of sp³-hybridized carbons (Fsp3) is 0.333. The van der Waals surface area contributed by atoms with Crippen LogP contribution < -0.4 is 0 Å². The van der Waals surface area contributed by atoms with Crippen molar-refractivity contribution < 1.29 is 8.78 Å². The van der Waals surface area contributed by atoms with E-state index in [1.54, 1.807) is 0 Å². The SMILES string of the molecule is C[SiH](C)C(=Cc1ccccc1)CC(F)F. The molecular weight excluding hydrogens is 210 g/mol. The van der Waals surface area contributed by atoms with Gasteiger partial charge in [0.15, 0.2) is 0 Å². The summed E-state index contributed by atoms with van der Waals surface area (Å²) in [6.45, 7) is 4.16. The molecule has 0 heterocycles. The summed E-state index contributed by atoms with van der Waals surface area (Å²) in [6.07, 6.45) is -0.378. The molecular formula is C12H16F2Si. The number of hydrogen-bond donors (Lipinski definition) is 0. The largest absolute Gasteiger partial charge is 0.241 e. The molecule has 3 heteroatoms. The van der Waals surface area contributed by atoms with E-state index in [0.29, 0.717) is 0 Å². The summed E-state index contributed by atoms with van der Waals surface area (Å²) < 4.78 is 24.7. The molecule has 0 nitrogen and oxygen atoms in total. The van der Waals surface area contributed by atoms with E-state index in [1.807, 2.05) is 36.4 Å². The molecule has 1 rings (SSSR count). The van der Waals surface area contributed by atoms with Crippen LogP contribution in [0.5, 0.6) is 0 Å². The molecule has 0 aromatic heterocycles. The second kappa shape index (κ2) is 5.81. The Morgan fingerprint density at radius 1 is 1.27 bits per heavy atom. The Balaban J connectivity index is 2.84. The lowest BCUT2D eigenvalue weighted by molar-refractivity contribution is 0.151. The predicted octanol–water partition coefficient (Wildman–Crippen LogP) is 3.75. The van der Waals surface area contributed by atoms with Gasteiger partial charge in [-0.15, -0.1) is 0 Å². The summed E-state index contributed by atoms with van der Waals surface area (Å²) >= 11 is 0. The van der Waals surface area contributed by atoms with Crippen molar-refractivity contribution in [3.8, 4) is 0 Å². The zero-order valence-corrected chi connectivity index (χ0v) is 10.2. The maximum Gasteiger partial charge on any atom is 0.241 e. The Hall–Kier alpha value is -0.963. The molecule has 0 bridgehead atoms. The number of benzene rings is 1. The van der Waals surface area contributed by atoms with Crippen LogP contribution in [0.25, 0.3) is 6.08 Å². The first-order chi connectivity index (χ1) is 7.09. The van der Waals surface area contributed by atoms with Crippen LogP contribution in [0.4, 0.5) is 8.78 Å². The fourth-order valence-corrected chi connectivity index (χ4v) is 2.58. The lowest BCUT2D eigenvalue weighted by Crippen LogP contribution is -2.09. The van der Waals surface area contributed by atoms with Gasteiger partial charge in [0, 0.05) is 6.42 Å². The zero-order valence-electron chi connectivity index (χ0n) is 9.08. The summed E-state index contributed by atoms with van der Waals surface area (Å²) in [5.74, 6) is 0. The Bertz CT molecular complexity index is 318. The molecule has 1 aromatic rings. The minimum absolute atomic E-state index is 0.0707. The Kier molecular flexibility index (Phi) is 4.69. The van der Waals surface area contributed by atoms with Crippen LogP contribution in [0.15, 0.2) is 35.5 Å². The van der Waals surface area contributed by atoms with E-state index in [0.717, 1.165) is 10.8 Å². The highest BCUT2D eigenvalue weighted by Crippen LogP contribution is 2.17. The lowest BCUT2D eigenvalue weighted by atomic mass is 10.2. The van der Waals surface area contributed by atoms with Crippen LogP contribution in [-0.2, 0) is 0 Å². The summed E-state index contributed by atoms with van der Waals surface area (Å²) in [7, 11) is -1.13. The van der Waals surface area contributed by atoms with Crippen LogP contribution in [0.2, 0.25) is 13.1 Å². The normalized spacial score (nSPS) is 12.5. The third kappa shape index (κ3) is 4.38. The molecule has 0 aliphatic carbocycles. The average Bonchev–Trinajstić information content (AvgIpc) is 2.17. The van der Waals surface area contributed by atoms with Crippen LogP contribution >= 0.6 is 0 Å². The van der Waals surface area contributed by atoms with Gasteiger partial charge in [-0.2, -0.15) is 0 Å². The first-order valence-electron chi connectivity index (χ1n) is 5.13. The molecule has 82 valence electrons. The van der Waals surface area contributed by atoms with Crippen LogP contribution in [-0.4, -0.2) is 15.2 Å². The van der Waals surface area contributed by atoms with Crippen molar-refractivity contribution in [2.24, 2.45) is 0 Å². The minimum Gasteiger partial charge on any atom is -0.210 e. The molecule has 0 aliphatic rings. The summed E-state index contributed by atoms with van der Waals surface area (Å²) in [6, 6.07) is 9.67. The molecule has 0 aliphatic heterocycles. The number of rotatable bonds is 4. The van der Waals surface area contributed by atoms with E-state index < -0.39 is 15.2 Å². The summed E-state index contributed by atoms with van der Waals surface area (Å²) in [5, 5.41) is 0.941. The van der Waals surface area contributed by atoms with Gasteiger partial charge in [0.1, 0.15) is 0 Å². The average molecular weight is 226 g/mol. The highest BCUT2D eigenvalue weighted by Gasteiger charge is 2.11. The second-order valence-electron chi connectivity index (χ2n) is 3.88. The molecule has 0 atom stereocenters. The van der Waals surface area contributed by atoms with Crippen molar-refractivity contribution in [3.63, 3.8) is 0 Å². The fourth-order valence-electron chi connectivity index (χ4n) is 1.40. The van der Waals surface area contributed by atoms with Gasteiger partial charge in [-0.25, -0.2) is 8.78 Å². The van der Waals surface area contributed by atoms with Gasteiger partial charge >= 0.3 is 0 Å². The van der Waals surface area contributed by atoms with E-state index in [4.69, 9.17) is 0 Å². The Morgan fingerprint density at radius 3 is 2.33 bits per heavy atom. The summed E-state index contributed by atoms with van der Waals surface area (Å²) in [4.78, 5) is 0. The van der Waals surface area contributed by atoms with E-state index in [-0.39, 0.29) is 6.42 Å². The predicted molar refractivity (Wildman–Crippen MR) is 63.9 cm³/mol. The molecule has 0 fully saturated rings. The van der Waals surface area contributed by atoms with Crippen LogP contribution in [0.1, 0.15) is 12.0 Å². The van der Waals surface area contributed by atoms with Crippen molar-refractivity contribution in [2.45, 2.75) is 25.9 Å². The van der Waals surface area contributed by atoms with Crippen molar-refractivity contribution in [2.75, 3.05) is 0 Å².